The van der Waals surface area contributed by atoms with Gasteiger partial charge in [0.25, 0.3) is 0 Å². The average molecular weight is 313 g/mol. The van der Waals surface area contributed by atoms with Gasteiger partial charge in [-0.2, -0.15) is 0 Å². The van der Waals surface area contributed by atoms with Gasteiger partial charge in [0.05, 0.1) is 7.11 Å². The van der Waals surface area contributed by atoms with Gasteiger partial charge in [0, 0.05) is 6.54 Å². The normalized spacial score (nSPS) is 21.8. The fourth-order valence-corrected chi connectivity index (χ4v) is 3.07. The summed E-state index contributed by atoms with van der Waals surface area (Å²) in [4.78, 5) is 26.5. The molecule has 0 aliphatic carbocycles. The Bertz CT molecular complexity index is 389. The molecular weight excluding hydrogens is 282 g/mol. The molecule has 1 amide bonds. The van der Waals surface area contributed by atoms with Gasteiger partial charge in [-0.3, -0.25) is 4.90 Å². The number of nitrogens with zero attached hydrogens (tertiary/aromatic N) is 1. The SMILES string of the molecule is CCCCCCC1(C(=O)OC)CCCN1C(=O)OC(C)(C)C. The van der Waals surface area contributed by atoms with Crippen LogP contribution in [-0.4, -0.2) is 41.8 Å². The van der Waals surface area contributed by atoms with Crippen molar-refractivity contribution < 1.29 is 19.1 Å². The zero-order valence-corrected chi connectivity index (χ0v) is 14.7. The number of likely N-dealkylation sites (tertiary alicyclic amines) is 1. The Morgan fingerprint density at radius 3 is 2.41 bits per heavy atom. The highest BCUT2D eigenvalue weighted by molar-refractivity contribution is 5.86. The lowest BCUT2D eigenvalue weighted by Gasteiger charge is -2.36. The minimum absolute atomic E-state index is 0.313. The van der Waals surface area contributed by atoms with E-state index >= 15 is 0 Å². The topological polar surface area (TPSA) is 55.8 Å². The van der Waals surface area contributed by atoms with Crippen LogP contribution in [0.4, 0.5) is 4.79 Å². The Balaban J connectivity index is 2.87. The van der Waals surface area contributed by atoms with Gasteiger partial charge in [-0.15, -0.1) is 0 Å². The third-order valence-electron chi connectivity index (χ3n) is 4.11. The van der Waals surface area contributed by atoms with E-state index in [1.807, 2.05) is 20.8 Å². The standard InChI is InChI=1S/C17H31NO4/c1-6-7-8-9-11-17(14(19)21-5)12-10-13-18(17)15(20)22-16(2,3)4/h6-13H2,1-5H3. The molecule has 1 aliphatic heterocycles. The van der Waals surface area contributed by atoms with Crippen LogP contribution in [0.2, 0.25) is 0 Å². The fraction of sp³-hybridized carbons (Fsp3) is 0.882. The van der Waals surface area contributed by atoms with Crippen LogP contribution in [0, 0.1) is 0 Å². The Morgan fingerprint density at radius 2 is 1.86 bits per heavy atom. The molecule has 1 saturated heterocycles. The molecule has 1 atom stereocenters. The molecule has 0 aromatic carbocycles. The highest BCUT2D eigenvalue weighted by Gasteiger charge is 2.51. The Labute approximate surface area is 134 Å². The fourth-order valence-electron chi connectivity index (χ4n) is 3.07. The van der Waals surface area contributed by atoms with E-state index in [-0.39, 0.29) is 5.97 Å². The molecule has 128 valence electrons. The van der Waals surface area contributed by atoms with E-state index in [1.54, 1.807) is 4.90 Å². The predicted octanol–water partition coefficient (Wildman–Crippen LogP) is 3.90. The van der Waals surface area contributed by atoms with E-state index in [1.165, 1.54) is 7.11 Å². The van der Waals surface area contributed by atoms with Gasteiger partial charge in [-0.1, -0.05) is 32.6 Å². The minimum atomic E-state index is -0.842. The third kappa shape index (κ3) is 4.62. The number of unbranched alkanes of at least 4 members (excludes halogenated alkanes) is 3. The smallest absolute Gasteiger partial charge is 0.411 e. The lowest BCUT2D eigenvalue weighted by atomic mass is 9.89. The number of esters is 1. The van der Waals surface area contributed by atoms with Gasteiger partial charge in [-0.25, -0.2) is 9.59 Å². The minimum Gasteiger partial charge on any atom is -0.467 e. The number of methoxy groups -OCH3 is 1. The van der Waals surface area contributed by atoms with Gasteiger partial charge in [-0.05, 0) is 40.0 Å². The van der Waals surface area contributed by atoms with Crippen molar-refractivity contribution in [3.05, 3.63) is 0 Å². The zero-order valence-electron chi connectivity index (χ0n) is 14.7. The summed E-state index contributed by atoms with van der Waals surface area (Å²) in [5.41, 5.74) is -1.41. The van der Waals surface area contributed by atoms with E-state index in [9.17, 15) is 9.59 Å². The number of carbonyl (C=O) groups excluding carboxylic acids is 2. The van der Waals surface area contributed by atoms with Gasteiger partial charge in [0.15, 0.2) is 0 Å². The van der Waals surface area contributed by atoms with Crippen molar-refractivity contribution in [2.75, 3.05) is 13.7 Å². The van der Waals surface area contributed by atoms with Crippen LogP contribution in [0.1, 0.15) is 72.6 Å². The number of ether oxygens (including phenoxy) is 2. The highest BCUT2D eigenvalue weighted by atomic mass is 16.6. The Hall–Kier alpha value is -1.26. The van der Waals surface area contributed by atoms with Crippen molar-refractivity contribution >= 4 is 12.1 Å². The maximum atomic E-state index is 12.5. The van der Waals surface area contributed by atoms with E-state index in [2.05, 4.69) is 6.92 Å². The van der Waals surface area contributed by atoms with Crippen molar-refractivity contribution in [3.8, 4) is 0 Å². The third-order valence-corrected chi connectivity index (χ3v) is 4.11. The van der Waals surface area contributed by atoms with Gasteiger partial charge in [0.2, 0.25) is 0 Å². The molecule has 22 heavy (non-hydrogen) atoms. The second-order valence-corrected chi connectivity index (χ2v) is 7.07. The summed E-state index contributed by atoms with van der Waals surface area (Å²) in [6, 6.07) is 0. The predicted molar refractivity (Wildman–Crippen MR) is 85.7 cm³/mol. The van der Waals surface area contributed by atoms with Crippen LogP contribution in [0.25, 0.3) is 0 Å². The Kier molecular flexibility index (Phi) is 6.69. The number of carbonyl (C=O) groups is 2. The first kappa shape index (κ1) is 18.8. The summed E-state index contributed by atoms with van der Waals surface area (Å²) in [5.74, 6) is -0.313. The summed E-state index contributed by atoms with van der Waals surface area (Å²) in [6.07, 6.45) is 5.97. The molecule has 1 aliphatic rings. The number of hydrogen-bond donors (Lipinski definition) is 0. The van der Waals surface area contributed by atoms with Crippen LogP contribution in [0.5, 0.6) is 0 Å². The first-order valence-corrected chi connectivity index (χ1v) is 8.36. The van der Waals surface area contributed by atoms with Gasteiger partial charge >= 0.3 is 12.1 Å². The lowest BCUT2D eigenvalue weighted by molar-refractivity contribution is -0.153. The van der Waals surface area contributed by atoms with Crippen molar-refractivity contribution in [1.82, 2.24) is 4.90 Å². The van der Waals surface area contributed by atoms with Crippen LogP contribution in [0.15, 0.2) is 0 Å². The summed E-state index contributed by atoms with van der Waals surface area (Å²) in [6.45, 7) is 8.21. The second kappa shape index (κ2) is 7.84. The first-order chi connectivity index (χ1) is 10.3. The van der Waals surface area contributed by atoms with Crippen molar-refractivity contribution in [3.63, 3.8) is 0 Å². The van der Waals surface area contributed by atoms with Crippen LogP contribution < -0.4 is 0 Å². The molecule has 0 bridgehead atoms. The van der Waals surface area contributed by atoms with E-state index in [0.29, 0.717) is 19.4 Å². The van der Waals surface area contributed by atoms with Gasteiger partial charge < -0.3 is 9.47 Å². The first-order valence-electron chi connectivity index (χ1n) is 8.36. The number of rotatable bonds is 6. The molecule has 1 rings (SSSR count). The molecule has 1 fully saturated rings. The van der Waals surface area contributed by atoms with Crippen molar-refractivity contribution in [2.45, 2.75) is 83.8 Å². The monoisotopic (exact) mass is 313 g/mol. The molecule has 1 heterocycles. The van der Waals surface area contributed by atoms with Crippen LogP contribution in [-0.2, 0) is 14.3 Å². The molecule has 5 nitrogen and oxygen atoms in total. The highest BCUT2D eigenvalue weighted by Crippen LogP contribution is 2.36. The van der Waals surface area contributed by atoms with E-state index < -0.39 is 17.2 Å². The Morgan fingerprint density at radius 1 is 1.18 bits per heavy atom. The molecular formula is C17H31NO4. The van der Waals surface area contributed by atoms with E-state index in [0.717, 1.165) is 32.1 Å². The molecule has 5 heteroatoms. The summed E-state index contributed by atoms with van der Waals surface area (Å²) < 4.78 is 10.5. The van der Waals surface area contributed by atoms with Gasteiger partial charge in [0.1, 0.15) is 11.1 Å². The number of amides is 1. The summed E-state index contributed by atoms with van der Waals surface area (Å²) >= 11 is 0. The largest absolute Gasteiger partial charge is 0.467 e. The summed E-state index contributed by atoms with van der Waals surface area (Å²) in [5, 5.41) is 0. The maximum absolute atomic E-state index is 12.5. The molecule has 0 radical (unpaired) electrons. The molecule has 0 N–H and O–H groups in total. The molecule has 0 aromatic heterocycles. The van der Waals surface area contributed by atoms with Crippen molar-refractivity contribution in [2.24, 2.45) is 0 Å². The molecule has 0 aromatic rings. The quantitative estimate of drug-likeness (QED) is 0.551. The number of hydrogen-bond acceptors (Lipinski definition) is 4. The van der Waals surface area contributed by atoms with Crippen molar-refractivity contribution in [1.29, 1.82) is 0 Å². The maximum Gasteiger partial charge on any atom is 0.411 e. The molecule has 0 spiro atoms. The summed E-state index contributed by atoms with van der Waals surface area (Å²) in [7, 11) is 1.39. The molecule has 1 unspecified atom stereocenters. The second-order valence-electron chi connectivity index (χ2n) is 7.07. The van der Waals surface area contributed by atoms with Crippen LogP contribution >= 0.6 is 0 Å². The zero-order chi connectivity index (χ0) is 16.8. The molecule has 0 saturated carbocycles. The van der Waals surface area contributed by atoms with E-state index in [4.69, 9.17) is 9.47 Å². The lowest BCUT2D eigenvalue weighted by Crippen LogP contribution is -2.54. The average Bonchev–Trinajstić information content (AvgIpc) is 2.86. The van der Waals surface area contributed by atoms with Crippen LogP contribution in [0.3, 0.4) is 0 Å².